The molecule has 0 aliphatic heterocycles. The number of hydrogen-bond donors (Lipinski definition) is 1. The van der Waals surface area contributed by atoms with Gasteiger partial charge in [-0.15, -0.1) is 22.7 Å². The molecule has 140 valence electrons. The zero-order chi connectivity index (χ0) is 19.3. The van der Waals surface area contributed by atoms with Gasteiger partial charge in [-0.1, -0.05) is 74.0 Å². The minimum atomic E-state index is -0.0993. The van der Waals surface area contributed by atoms with Crippen LogP contribution in [0.25, 0.3) is 22.4 Å². The lowest BCUT2D eigenvalue weighted by Crippen LogP contribution is -2.09. The van der Waals surface area contributed by atoms with Gasteiger partial charge in [0.1, 0.15) is 0 Å². The van der Waals surface area contributed by atoms with Gasteiger partial charge in [-0.2, -0.15) is 0 Å². The molecule has 0 saturated heterocycles. The van der Waals surface area contributed by atoms with E-state index < -0.39 is 0 Å². The lowest BCUT2D eigenvalue weighted by Gasteiger charge is -2.04. The van der Waals surface area contributed by atoms with Crippen molar-refractivity contribution in [3.8, 4) is 22.4 Å². The van der Waals surface area contributed by atoms with Crippen LogP contribution in [0.15, 0.2) is 72.1 Å². The third-order valence-electron chi connectivity index (χ3n) is 4.41. The molecule has 0 radical (unpaired) electrons. The van der Waals surface area contributed by atoms with Crippen LogP contribution in [0.3, 0.4) is 0 Å². The number of nitrogens with one attached hydrogen (secondary N) is 1. The topological polar surface area (TPSA) is 42.0 Å². The quantitative estimate of drug-likeness (QED) is 0.386. The Balaban J connectivity index is 1.61. The second-order valence-corrected chi connectivity index (χ2v) is 8.45. The Morgan fingerprint density at radius 3 is 2.32 bits per heavy atom. The Morgan fingerprint density at radius 2 is 1.64 bits per heavy atom. The summed E-state index contributed by atoms with van der Waals surface area (Å²) < 4.78 is 0. The van der Waals surface area contributed by atoms with E-state index in [1.54, 1.807) is 11.3 Å². The van der Waals surface area contributed by atoms with Crippen LogP contribution in [0.1, 0.15) is 27.9 Å². The van der Waals surface area contributed by atoms with Crippen molar-refractivity contribution in [1.82, 2.24) is 4.98 Å². The molecule has 1 N–H and O–H groups in total. The summed E-state index contributed by atoms with van der Waals surface area (Å²) in [6, 6.07) is 22.5. The van der Waals surface area contributed by atoms with E-state index in [1.807, 2.05) is 35.7 Å². The number of benzene rings is 2. The van der Waals surface area contributed by atoms with E-state index in [9.17, 15) is 4.79 Å². The highest BCUT2D eigenvalue weighted by Gasteiger charge is 2.15. The normalized spacial score (nSPS) is 10.8. The molecule has 2 aromatic carbocycles. The van der Waals surface area contributed by atoms with Crippen LogP contribution < -0.4 is 5.32 Å². The predicted molar refractivity (Wildman–Crippen MR) is 119 cm³/mol. The SMILES string of the molecule is CCCc1sc(NC(=O)c2cccs2)nc1-c1ccc(-c2ccccc2)cc1. The average Bonchev–Trinajstić information content (AvgIpc) is 3.40. The highest BCUT2D eigenvalue weighted by molar-refractivity contribution is 7.16. The second kappa shape index (κ2) is 8.50. The molecule has 3 nitrogen and oxygen atoms in total. The van der Waals surface area contributed by atoms with Gasteiger partial charge in [0.25, 0.3) is 5.91 Å². The summed E-state index contributed by atoms with van der Waals surface area (Å²) >= 11 is 3.00. The molecule has 4 rings (SSSR count). The molecule has 28 heavy (non-hydrogen) atoms. The van der Waals surface area contributed by atoms with Gasteiger partial charge in [0.2, 0.25) is 0 Å². The van der Waals surface area contributed by atoms with Gasteiger partial charge < -0.3 is 0 Å². The molecule has 4 aromatic rings. The molecular formula is C23H20N2OS2. The Kier molecular flexibility index (Phi) is 5.65. The number of aryl methyl sites for hydroxylation is 1. The lowest BCUT2D eigenvalue weighted by atomic mass is 10.0. The number of carbonyl (C=O) groups is 1. The highest BCUT2D eigenvalue weighted by Crippen LogP contribution is 2.33. The first-order valence-electron chi connectivity index (χ1n) is 9.25. The maximum absolute atomic E-state index is 12.4. The van der Waals surface area contributed by atoms with Crippen molar-refractivity contribution in [3.63, 3.8) is 0 Å². The molecule has 0 aliphatic carbocycles. The van der Waals surface area contributed by atoms with E-state index in [0.29, 0.717) is 10.0 Å². The van der Waals surface area contributed by atoms with Gasteiger partial charge in [-0.3, -0.25) is 10.1 Å². The fourth-order valence-corrected chi connectivity index (χ4v) is 4.74. The molecular weight excluding hydrogens is 384 g/mol. The number of amides is 1. The van der Waals surface area contributed by atoms with Crippen LogP contribution in [0, 0.1) is 0 Å². The summed E-state index contributed by atoms with van der Waals surface area (Å²) in [6.45, 7) is 2.16. The fourth-order valence-electron chi connectivity index (χ4n) is 3.04. The van der Waals surface area contributed by atoms with Gasteiger partial charge in [0.05, 0.1) is 10.6 Å². The van der Waals surface area contributed by atoms with E-state index in [-0.39, 0.29) is 5.91 Å². The van der Waals surface area contributed by atoms with Gasteiger partial charge >= 0.3 is 0 Å². The summed E-state index contributed by atoms with van der Waals surface area (Å²) in [4.78, 5) is 19.0. The third kappa shape index (κ3) is 4.06. The number of rotatable bonds is 6. The molecule has 2 heterocycles. The molecule has 0 atom stereocenters. The molecule has 0 saturated carbocycles. The van der Waals surface area contributed by atoms with Gasteiger partial charge in [-0.25, -0.2) is 4.98 Å². The van der Waals surface area contributed by atoms with Crippen molar-refractivity contribution >= 4 is 33.7 Å². The van der Waals surface area contributed by atoms with Crippen LogP contribution in [-0.4, -0.2) is 10.9 Å². The maximum Gasteiger partial charge on any atom is 0.267 e. The predicted octanol–water partition coefficient (Wildman–Crippen LogP) is 6.74. The van der Waals surface area contributed by atoms with Crippen LogP contribution in [-0.2, 0) is 6.42 Å². The summed E-state index contributed by atoms with van der Waals surface area (Å²) in [5.74, 6) is -0.0993. The second-order valence-electron chi connectivity index (χ2n) is 6.42. The van der Waals surface area contributed by atoms with Crippen LogP contribution in [0.5, 0.6) is 0 Å². The number of nitrogens with zero attached hydrogens (tertiary/aromatic N) is 1. The van der Waals surface area contributed by atoms with Crippen LogP contribution >= 0.6 is 22.7 Å². The van der Waals surface area contributed by atoms with Gasteiger partial charge in [-0.05, 0) is 29.0 Å². The van der Waals surface area contributed by atoms with Crippen molar-refractivity contribution in [2.24, 2.45) is 0 Å². The molecule has 0 aliphatic rings. The minimum absolute atomic E-state index is 0.0993. The Bertz CT molecular complexity index is 1050. The van der Waals surface area contributed by atoms with E-state index in [2.05, 4.69) is 48.6 Å². The van der Waals surface area contributed by atoms with E-state index in [1.165, 1.54) is 27.3 Å². The first kappa shape index (κ1) is 18.6. The van der Waals surface area contributed by atoms with E-state index in [4.69, 9.17) is 4.98 Å². The minimum Gasteiger partial charge on any atom is -0.297 e. The first-order chi connectivity index (χ1) is 13.7. The van der Waals surface area contributed by atoms with Crippen molar-refractivity contribution in [3.05, 3.63) is 81.9 Å². The smallest absolute Gasteiger partial charge is 0.267 e. The summed E-state index contributed by atoms with van der Waals surface area (Å²) in [5, 5.41) is 5.51. The largest absolute Gasteiger partial charge is 0.297 e. The van der Waals surface area contributed by atoms with Crippen LogP contribution in [0.4, 0.5) is 5.13 Å². The van der Waals surface area contributed by atoms with Gasteiger partial charge in [0.15, 0.2) is 5.13 Å². The summed E-state index contributed by atoms with van der Waals surface area (Å²) in [7, 11) is 0. The Morgan fingerprint density at radius 1 is 0.929 bits per heavy atom. The van der Waals surface area contributed by atoms with Crippen molar-refractivity contribution in [2.75, 3.05) is 5.32 Å². The van der Waals surface area contributed by atoms with Crippen molar-refractivity contribution in [1.29, 1.82) is 0 Å². The lowest BCUT2D eigenvalue weighted by molar-refractivity contribution is 0.103. The average molecular weight is 405 g/mol. The van der Waals surface area contributed by atoms with Gasteiger partial charge in [0, 0.05) is 10.4 Å². The standard InChI is InChI=1S/C23H20N2OS2/c1-2-7-19-21(24-23(28-19)25-22(26)20-10-6-15-27-20)18-13-11-17(12-14-18)16-8-4-3-5-9-16/h3-6,8-15H,2,7H2,1H3,(H,24,25,26). The first-order valence-corrected chi connectivity index (χ1v) is 10.9. The Labute approximate surface area is 172 Å². The number of thiophene rings is 1. The monoisotopic (exact) mass is 404 g/mol. The molecule has 1 amide bonds. The molecule has 0 bridgehead atoms. The van der Waals surface area contributed by atoms with Crippen molar-refractivity contribution < 1.29 is 4.79 Å². The number of anilines is 1. The number of hydrogen-bond acceptors (Lipinski definition) is 4. The summed E-state index contributed by atoms with van der Waals surface area (Å²) in [6.07, 6.45) is 1.98. The van der Waals surface area contributed by atoms with E-state index in [0.717, 1.165) is 24.1 Å². The van der Waals surface area contributed by atoms with Crippen LogP contribution in [0.2, 0.25) is 0 Å². The number of carbonyl (C=O) groups excluding carboxylic acids is 1. The molecule has 5 heteroatoms. The molecule has 2 aromatic heterocycles. The number of thiazole rings is 1. The zero-order valence-corrected chi connectivity index (χ0v) is 17.1. The highest BCUT2D eigenvalue weighted by atomic mass is 32.1. The molecule has 0 unspecified atom stereocenters. The maximum atomic E-state index is 12.4. The molecule has 0 spiro atoms. The Hall–Kier alpha value is -2.76. The van der Waals surface area contributed by atoms with E-state index >= 15 is 0 Å². The van der Waals surface area contributed by atoms with Crippen molar-refractivity contribution in [2.45, 2.75) is 19.8 Å². The fraction of sp³-hybridized carbons (Fsp3) is 0.130. The molecule has 0 fully saturated rings. The number of aromatic nitrogens is 1. The zero-order valence-electron chi connectivity index (χ0n) is 15.5. The third-order valence-corrected chi connectivity index (χ3v) is 6.30. The summed E-state index contributed by atoms with van der Waals surface area (Å²) in [5.41, 5.74) is 4.43.